The molecule has 0 fully saturated rings. The first-order valence-corrected chi connectivity index (χ1v) is 5.79. The van der Waals surface area contributed by atoms with Gasteiger partial charge in [0.05, 0.1) is 5.02 Å². The molecule has 94 valence electrons. The number of aromatic nitrogens is 1. The largest absolute Gasteiger partial charge is 0.439 e. The van der Waals surface area contributed by atoms with E-state index in [1.165, 1.54) is 12.1 Å². The second-order valence-corrected chi connectivity index (χ2v) is 4.27. The zero-order chi connectivity index (χ0) is 13.1. The molecule has 0 saturated heterocycles. The molecule has 2 rings (SSSR count). The highest BCUT2D eigenvalue weighted by molar-refractivity contribution is 6.30. The van der Waals surface area contributed by atoms with Crippen LogP contribution in [0.3, 0.4) is 0 Å². The number of rotatable bonds is 3. The quantitative estimate of drug-likeness (QED) is 0.922. The van der Waals surface area contributed by atoms with Crippen molar-refractivity contribution in [3.05, 3.63) is 52.9 Å². The van der Waals surface area contributed by atoms with Gasteiger partial charge in [-0.3, -0.25) is 0 Å². The number of benzene rings is 1. The molecule has 0 saturated carbocycles. The number of nitrogens with two attached hydrogens (primary N) is 1. The van der Waals surface area contributed by atoms with Crippen LogP contribution < -0.4 is 10.5 Å². The Kier molecular flexibility index (Phi) is 3.79. The molecule has 5 heteroatoms. The maximum absolute atomic E-state index is 13.3. The summed E-state index contributed by atoms with van der Waals surface area (Å²) in [7, 11) is 0. The van der Waals surface area contributed by atoms with E-state index in [2.05, 4.69) is 4.98 Å². The molecule has 2 aromatic rings. The van der Waals surface area contributed by atoms with Crippen LogP contribution in [0, 0.1) is 5.82 Å². The highest BCUT2D eigenvalue weighted by atomic mass is 35.5. The average molecular weight is 267 g/mol. The Morgan fingerprint density at radius 3 is 2.83 bits per heavy atom. The van der Waals surface area contributed by atoms with Gasteiger partial charge in [-0.2, -0.15) is 0 Å². The van der Waals surface area contributed by atoms with E-state index < -0.39 is 5.82 Å². The lowest BCUT2D eigenvalue weighted by atomic mass is 10.1. The fourth-order valence-corrected chi connectivity index (χ4v) is 1.60. The lowest BCUT2D eigenvalue weighted by molar-refractivity contribution is 0.448. The summed E-state index contributed by atoms with van der Waals surface area (Å²) in [6.45, 7) is 1.83. The Labute approximate surface area is 109 Å². The molecule has 3 nitrogen and oxygen atoms in total. The van der Waals surface area contributed by atoms with Gasteiger partial charge in [-0.05, 0) is 25.1 Å². The number of nitrogens with zero attached hydrogens (tertiary/aromatic N) is 1. The van der Waals surface area contributed by atoms with Crippen LogP contribution in [0.1, 0.15) is 18.5 Å². The Morgan fingerprint density at radius 1 is 1.39 bits per heavy atom. The molecular formula is C13H12ClFN2O. The summed E-state index contributed by atoms with van der Waals surface area (Å²) in [6.07, 6.45) is 1.59. The van der Waals surface area contributed by atoms with Crippen molar-refractivity contribution in [3.8, 4) is 11.6 Å². The molecule has 0 amide bonds. The summed E-state index contributed by atoms with van der Waals surface area (Å²) in [6, 6.07) is 7.59. The summed E-state index contributed by atoms with van der Waals surface area (Å²) < 4.78 is 18.8. The van der Waals surface area contributed by atoms with Crippen molar-refractivity contribution in [3.63, 3.8) is 0 Å². The second kappa shape index (κ2) is 5.33. The topological polar surface area (TPSA) is 48.1 Å². The van der Waals surface area contributed by atoms with Gasteiger partial charge < -0.3 is 10.5 Å². The normalized spacial score (nSPS) is 12.2. The van der Waals surface area contributed by atoms with E-state index in [1.807, 2.05) is 13.0 Å². The molecule has 1 heterocycles. The van der Waals surface area contributed by atoms with Crippen LogP contribution in [-0.2, 0) is 0 Å². The Bertz CT molecular complexity index is 560. The third kappa shape index (κ3) is 2.78. The van der Waals surface area contributed by atoms with E-state index in [4.69, 9.17) is 22.1 Å². The fraction of sp³-hybridized carbons (Fsp3) is 0.154. The van der Waals surface area contributed by atoms with E-state index >= 15 is 0 Å². The van der Waals surface area contributed by atoms with Crippen LogP contribution in [0.4, 0.5) is 4.39 Å². The van der Waals surface area contributed by atoms with Crippen molar-refractivity contribution >= 4 is 11.6 Å². The molecule has 1 atom stereocenters. The van der Waals surface area contributed by atoms with Crippen molar-refractivity contribution in [2.75, 3.05) is 0 Å². The van der Waals surface area contributed by atoms with Crippen molar-refractivity contribution < 1.29 is 9.13 Å². The SMILES string of the molecule is C[C@@H](N)c1cccnc1Oc1ccc(Cl)c(F)c1. The monoisotopic (exact) mass is 266 g/mol. The number of ether oxygens (including phenoxy) is 1. The standard InChI is InChI=1S/C13H12ClFN2O/c1-8(16)10-3-2-6-17-13(10)18-9-4-5-11(14)12(15)7-9/h2-8H,16H2,1H3/t8-/m1/s1. The minimum Gasteiger partial charge on any atom is -0.439 e. The Balaban J connectivity index is 2.31. The van der Waals surface area contributed by atoms with Crippen LogP contribution in [0.2, 0.25) is 5.02 Å². The molecular weight excluding hydrogens is 255 g/mol. The first kappa shape index (κ1) is 12.8. The van der Waals surface area contributed by atoms with E-state index in [-0.39, 0.29) is 11.1 Å². The maximum atomic E-state index is 13.3. The Hall–Kier alpha value is -1.65. The van der Waals surface area contributed by atoms with Gasteiger partial charge in [0.1, 0.15) is 11.6 Å². The average Bonchev–Trinajstić information content (AvgIpc) is 2.34. The second-order valence-electron chi connectivity index (χ2n) is 3.86. The number of hydrogen-bond donors (Lipinski definition) is 1. The van der Waals surface area contributed by atoms with E-state index in [9.17, 15) is 4.39 Å². The molecule has 0 bridgehead atoms. The molecule has 2 N–H and O–H groups in total. The number of halogens is 2. The van der Waals surface area contributed by atoms with Gasteiger partial charge in [-0.1, -0.05) is 17.7 Å². The molecule has 0 aliphatic rings. The first-order chi connectivity index (χ1) is 8.58. The van der Waals surface area contributed by atoms with Crippen molar-refractivity contribution in [2.24, 2.45) is 5.73 Å². The van der Waals surface area contributed by atoms with Crippen LogP contribution in [0.15, 0.2) is 36.5 Å². The zero-order valence-corrected chi connectivity index (χ0v) is 10.5. The zero-order valence-electron chi connectivity index (χ0n) is 9.73. The molecule has 0 radical (unpaired) electrons. The lowest BCUT2D eigenvalue weighted by Crippen LogP contribution is -2.07. The van der Waals surface area contributed by atoms with E-state index in [0.29, 0.717) is 11.6 Å². The van der Waals surface area contributed by atoms with Crippen LogP contribution in [-0.4, -0.2) is 4.98 Å². The summed E-state index contributed by atoms with van der Waals surface area (Å²) >= 11 is 5.60. The van der Waals surface area contributed by atoms with Gasteiger partial charge in [0, 0.05) is 23.9 Å². The smallest absolute Gasteiger partial charge is 0.223 e. The molecule has 0 aliphatic carbocycles. The molecule has 1 aromatic heterocycles. The van der Waals surface area contributed by atoms with E-state index in [0.717, 1.165) is 5.56 Å². The maximum Gasteiger partial charge on any atom is 0.223 e. The number of pyridine rings is 1. The van der Waals surface area contributed by atoms with Gasteiger partial charge in [0.25, 0.3) is 0 Å². The van der Waals surface area contributed by atoms with E-state index in [1.54, 1.807) is 18.3 Å². The molecule has 0 spiro atoms. The predicted molar refractivity (Wildman–Crippen MR) is 68.3 cm³/mol. The molecule has 18 heavy (non-hydrogen) atoms. The van der Waals surface area contributed by atoms with Gasteiger partial charge in [-0.15, -0.1) is 0 Å². The highest BCUT2D eigenvalue weighted by Crippen LogP contribution is 2.28. The van der Waals surface area contributed by atoms with Gasteiger partial charge in [0.2, 0.25) is 5.88 Å². The first-order valence-electron chi connectivity index (χ1n) is 5.41. The van der Waals surface area contributed by atoms with Crippen LogP contribution >= 0.6 is 11.6 Å². The third-order valence-electron chi connectivity index (χ3n) is 2.40. The third-order valence-corrected chi connectivity index (χ3v) is 2.70. The minimum atomic E-state index is -0.535. The highest BCUT2D eigenvalue weighted by Gasteiger charge is 2.10. The molecule has 1 aromatic carbocycles. The van der Waals surface area contributed by atoms with Gasteiger partial charge in [-0.25, -0.2) is 9.37 Å². The summed E-state index contributed by atoms with van der Waals surface area (Å²) in [4.78, 5) is 4.09. The summed E-state index contributed by atoms with van der Waals surface area (Å²) in [5.74, 6) is 0.166. The summed E-state index contributed by atoms with van der Waals surface area (Å²) in [5, 5.41) is 0.0517. The Morgan fingerprint density at radius 2 is 2.17 bits per heavy atom. The van der Waals surface area contributed by atoms with Crippen molar-refractivity contribution in [2.45, 2.75) is 13.0 Å². The lowest BCUT2D eigenvalue weighted by Gasteiger charge is -2.12. The van der Waals surface area contributed by atoms with Gasteiger partial charge >= 0.3 is 0 Å². The van der Waals surface area contributed by atoms with Gasteiger partial charge in [0.15, 0.2) is 0 Å². The molecule has 0 aliphatic heterocycles. The fourth-order valence-electron chi connectivity index (χ4n) is 1.49. The molecule has 0 unspecified atom stereocenters. The number of hydrogen-bond acceptors (Lipinski definition) is 3. The van der Waals surface area contributed by atoms with Crippen molar-refractivity contribution in [1.82, 2.24) is 4.98 Å². The van der Waals surface area contributed by atoms with Crippen LogP contribution in [0.5, 0.6) is 11.6 Å². The predicted octanol–water partition coefficient (Wildman–Crippen LogP) is 3.69. The van der Waals surface area contributed by atoms with Crippen molar-refractivity contribution in [1.29, 1.82) is 0 Å². The summed E-state index contributed by atoms with van der Waals surface area (Å²) in [5.41, 5.74) is 6.56. The van der Waals surface area contributed by atoms with Crippen LogP contribution in [0.25, 0.3) is 0 Å². The minimum absolute atomic E-state index is 0.0517.